The van der Waals surface area contributed by atoms with Crippen molar-refractivity contribution in [1.29, 1.82) is 0 Å². The Morgan fingerprint density at radius 3 is 2.59 bits per heavy atom. The predicted molar refractivity (Wildman–Crippen MR) is 98.9 cm³/mol. The van der Waals surface area contributed by atoms with Gasteiger partial charge in [0.2, 0.25) is 11.8 Å². The van der Waals surface area contributed by atoms with Crippen molar-refractivity contribution in [3.05, 3.63) is 59.9 Å². The van der Waals surface area contributed by atoms with E-state index in [9.17, 15) is 18.8 Å². The third-order valence-corrected chi connectivity index (χ3v) is 5.34. The maximum atomic E-state index is 13.1. The number of amides is 2. The Morgan fingerprint density at radius 1 is 1.19 bits per heavy atom. The lowest BCUT2D eigenvalue weighted by atomic mass is 10.0. The summed E-state index contributed by atoms with van der Waals surface area (Å²) in [5.41, 5.74) is 1.19. The maximum absolute atomic E-state index is 13.1. The third-order valence-electron chi connectivity index (χ3n) is 4.06. The Hall–Kier alpha value is -2.87. The Morgan fingerprint density at radius 2 is 1.89 bits per heavy atom. The zero-order valence-electron chi connectivity index (χ0n) is 14.1. The van der Waals surface area contributed by atoms with E-state index >= 15 is 0 Å². The highest BCUT2D eigenvalue weighted by Gasteiger charge is 2.29. The van der Waals surface area contributed by atoms with Crippen LogP contribution in [-0.4, -0.2) is 28.1 Å². The van der Waals surface area contributed by atoms with Crippen LogP contribution in [0, 0.1) is 5.82 Å². The second-order valence-electron chi connectivity index (χ2n) is 6.07. The minimum absolute atomic E-state index is 0.0951. The number of nitrogens with one attached hydrogen (secondary N) is 2. The maximum Gasteiger partial charge on any atom is 0.305 e. The van der Waals surface area contributed by atoms with Crippen LogP contribution in [0.2, 0.25) is 0 Å². The standard InChI is InChI=1S/C19H17FN2O4S/c20-12-7-5-11(6-8-12)14(9-18(24)25)21-17(23)10-16-19(26)22-13-3-1-2-4-15(13)27-16/h1-8,14,16H,9-10H2,(H,21,23)(H,22,26)(H,24,25)/t14-,16+/m1/s1. The molecule has 0 fully saturated rings. The highest BCUT2D eigenvalue weighted by Crippen LogP contribution is 2.36. The molecule has 0 aliphatic carbocycles. The second kappa shape index (κ2) is 8.22. The molecule has 27 heavy (non-hydrogen) atoms. The van der Waals surface area contributed by atoms with Gasteiger partial charge >= 0.3 is 5.97 Å². The lowest BCUT2D eigenvalue weighted by Crippen LogP contribution is -2.36. The summed E-state index contributed by atoms with van der Waals surface area (Å²) in [5.74, 6) is -2.26. The molecule has 1 aliphatic heterocycles. The first kappa shape index (κ1) is 18.9. The van der Waals surface area contributed by atoms with Crippen molar-refractivity contribution >= 4 is 35.2 Å². The van der Waals surface area contributed by atoms with E-state index in [-0.39, 0.29) is 18.7 Å². The van der Waals surface area contributed by atoms with Crippen molar-refractivity contribution in [3.63, 3.8) is 0 Å². The van der Waals surface area contributed by atoms with Crippen LogP contribution in [0.5, 0.6) is 0 Å². The zero-order valence-corrected chi connectivity index (χ0v) is 15.0. The van der Waals surface area contributed by atoms with Gasteiger partial charge in [-0.05, 0) is 29.8 Å². The fraction of sp³-hybridized carbons (Fsp3) is 0.211. The molecule has 2 aromatic rings. The Balaban J connectivity index is 1.68. The van der Waals surface area contributed by atoms with Crippen LogP contribution < -0.4 is 10.6 Å². The number of para-hydroxylation sites is 1. The molecule has 140 valence electrons. The summed E-state index contributed by atoms with van der Waals surface area (Å²) < 4.78 is 13.1. The van der Waals surface area contributed by atoms with Crippen LogP contribution in [0.4, 0.5) is 10.1 Å². The first-order valence-electron chi connectivity index (χ1n) is 8.25. The highest BCUT2D eigenvalue weighted by atomic mass is 32.2. The van der Waals surface area contributed by atoms with E-state index in [4.69, 9.17) is 5.11 Å². The number of carbonyl (C=O) groups excluding carboxylic acids is 2. The van der Waals surface area contributed by atoms with Gasteiger partial charge in [0.1, 0.15) is 5.82 Å². The molecule has 0 saturated heterocycles. The molecule has 0 bridgehead atoms. The summed E-state index contributed by atoms with van der Waals surface area (Å²) in [6.45, 7) is 0. The third kappa shape index (κ3) is 4.85. The molecular weight excluding hydrogens is 371 g/mol. The van der Waals surface area contributed by atoms with Gasteiger partial charge < -0.3 is 15.7 Å². The summed E-state index contributed by atoms with van der Waals surface area (Å²) in [6.07, 6.45) is -0.438. The average molecular weight is 388 g/mol. The van der Waals surface area contributed by atoms with Gasteiger partial charge in [-0.1, -0.05) is 24.3 Å². The fourth-order valence-corrected chi connectivity index (χ4v) is 3.88. The van der Waals surface area contributed by atoms with Crippen LogP contribution >= 0.6 is 11.8 Å². The summed E-state index contributed by atoms with van der Waals surface area (Å²) in [4.78, 5) is 36.6. The normalized spacial score (nSPS) is 16.8. The largest absolute Gasteiger partial charge is 0.481 e. The van der Waals surface area contributed by atoms with Gasteiger partial charge in [0.25, 0.3) is 0 Å². The quantitative estimate of drug-likeness (QED) is 0.707. The van der Waals surface area contributed by atoms with Crippen molar-refractivity contribution in [2.24, 2.45) is 0 Å². The van der Waals surface area contributed by atoms with Gasteiger partial charge in [0, 0.05) is 11.3 Å². The molecule has 2 aromatic carbocycles. The highest BCUT2D eigenvalue weighted by molar-refractivity contribution is 8.01. The number of fused-ring (bicyclic) bond motifs is 1. The number of halogens is 1. The van der Waals surface area contributed by atoms with E-state index in [0.29, 0.717) is 11.3 Å². The molecule has 0 aromatic heterocycles. The first-order valence-corrected chi connectivity index (χ1v) is 9.13. The molecule has 1 heterocycles. The number of anilines is 1. The van der Waals surface area contributed by atoms with Crippen molar-refractivity contribution in [2.75, 3.05) is 5.32 Å². The molecule has 3 N–H and O–H groups in total. The monoisotopic (exact) mass is 388 g/mol. The fourth-order valence-electron chi connectivity index (χ4n) is 2.77. The Kier molecular flexibility index (Phi) is 5.75. The number of rotatable bonds is 6. The number of benzene rings is 2. The minimum Gasteiger partial charge on any atom is -0.481 e. The van der Waals surface area contributed by atoms with E-state index < -0.39 is 29.0 Å². The Bertz CT molecular complexity index is 872. The van der Waals surface area contributed by atoms with Crippen molar-refractivity contribution < 1.29 is 23.9 Å². The molecule has 2 atom stereocenters. The van der Waals surface area contributed by atoms with Gasteiger partial charge in [-0.15, -0.1) is 11.8 Å². The minimum atomic E-state index is -1.09. The first-order chi connectivity index (χ1) is 12.9. The molecule has 3 rings (SSSR count). The van der Waals surface area contributed by atoms with Gasteiger partial charge in [-0.3, -0.25) is 14.4 Å². The molecule has 0 saturated carbocycles. The average Bonchev–Trinajstić information content (AvgIpc) is 2.62. The summed E-state index contributed by atoms with van der Waals surface area (Å²) in [5, 5.41) is 13.9. The van der Waals surface area contributed by atoms with Crippen molar-refractivity contribution in [2.45, 2.75) is 29.0 Å². The molecule has 0 radical (unpaired) electrons. The molecule has 0 unspecified atom stereocenters. The van der Waals surface area contributed by atoms with Gasteiger partial charge in [-0.2, -0.15) is 0 Å². The summed E-state index contributed by atoms with van der Waals surface area (Å²) in [7, 11) is 0. The number of carboxylic acids is 1. The van der Waals surface area contributed by atoms with Crippen molar-refractivity contribution in [3.8, 4) is 0 Å². The number of carboxylic acid groups (broad SMARTS) is 1. The van der Waals surface area contributed by atoms with Crippen LogP contribution in [0.15, 0.2) is 53.4 Å². The van der Waals surface area contributed by atoms with E-state index in [1.165, 1.54) is 36.0 Å². The molecule has 2 amide bonds. The van der Waals surface area contributed by atoms with E-state index in [1.54, 1.807) is 6.07 Å². The number of hydrogen-bond acceptors (Lipinski definition) is 4. The molecule has 0 spiro atoms. The van der Waals surface area contributed by atoms with Gasteiger partial charge in [-0.25, -0.2) is 4.39 Å². The van der Waals surface area contributed by atoms with Crippen molar-refractivity contribution in [1.82, 2.24) is 5.32 Å². The Labute approximate surface area is 159 Å². The zero-order chi connectivity index (χ0) is 19.4. The lowest BCUT2D eigenvalue weighted by molar-refractivity contribution is -0.138. The number of aliphatic carboxylic acids is 1. The smallest absolute Gasteiger partial charge is 0.305 e. The lowest BCUT2D eigenvalue weighted by Gasteiger charge is -2.24. The molecular formula is C19H17FN2O4S. The SMILES string of the molecule is O=C(O)C[C@@H](NC(=O)C[C@@H]1Sc2ccccc2NC1=O)c1ccc(F)cc1. The second-order valence-corrected chi connectivity index (χ2v) is 7.31. The van der Waals surface area contributed by atoms with Gasteiger partial charge in [0.05, 0.1) is 23.4 Å². The number of thioether (sulfide) groups is 1. The van der Waals surface area contributed by atoms with E-state index in [1.807, 2.05) is 18.2 Å². The molecule has 6 nitrogen and oxygen atoms in total. The van der Waals surface area contributed by atoms with Crippen LogP contribution in [-0.2, 0) is 14.4 Å². The summed E-state index contributed by atoms with van der Waals surface area (Å²) >= 11 is 1.29. The summed E-state index contributed by atoms with van der Waals surface area (Å²) in [6, 6.07) is 11.8. The van der Waals surface area contributed by atoms with Crippen LogP contribution in [0.3, 0.4) is 0 Å². The van der Waals surface area contributed by atoms with Crippen LogP contribution in [0.1, 0.15) is 24.4 Å². The predicted octanol–water partition coefficient (Wildman–Crippen LogP) is 2.96. The topological polar surface area (TPSA) is 95.5 Å². The number of carbonyl (C=O) groups is 3. The van der Waals surface area contributed by atoms with E-state index in [2.05, 4.69) is 10.6 Å². The van der Waals surface area contributed by atoms with Gasteiger partial charge in [0.15, 0.2) is 0 Å². The number of hydrogen-bond donors (Lipinski definition) is 3. The van der Waals surface area contributed by atoms with E-state index in [0.717, 1.165) is 4.90 Å². The molecule has 1 aliphatic rings. The molecule has 8 heteroatoms. The van der Waals surface area contributed by atoms with Crippen LogP contribution in [0.25, 0.3) is 0 Å².